The van der Waals surface area contributed by atoms with Gasteiger partial charge in [0.15, 0.2) is 9.84 Å². The van der Waals surface area contributed by atoms with E-state index in [0.29, 0.717) is 12.8 Å². The third-order valence-corrected chi connectivity index (χ3v) is 5.68. The van der Waals surface area contributed by atoms with Crippen LogP contribution < -0.4 is 5.32 Å². The monoisotopic (exact) mass is 297 g/mol. The first kappa shape index (κ1) is 15.4. The normalized spacial score (nSPS) is 22.8. The molecule has 1 heterocycles. The van der Waals surface area contributed by atoms with Gasteiger partial charge in [-0.3, -0.25) is 4.79 Å². The van der Waals surface area contributed by atoms with Crippen LogP contribution in [0.15, 0.2) is 0 Å². The van der Waals surface area contributed by atoms with Gasteiger partial charge in [-0.05, 0) is 18.8 Å². The first-order valence-corrected chi connectivity index (χ1v) is 9.71. The van der Waals surface area contributed by atoms with Crippen molar-refractivity contribution in [3.05, 3.63) is 0 Å². The van der Waals surface area contributed by atoms with Crippen LogP contribution in [0.4, 0.5) is 0 Å². The maximum Gasteiger partial charge on any atom is 0.220 e. The topological polar surface area (TPSA) is 97.4 Å². The molecular weight excluding hydrogens is 278 g/mol. The van der Waals surface area contributed by atoms with Gasteiger partial charge in [-0.2, -0.15) is 0 Å². The Morgan fingerprint density at radius 1 is 1.39 bits per heavy atom. The van der Waals surface area contributed by atoms with Crippen molar-refractivity contribution in [1.29, 1.82) is 0 Å². The highest BCUT2D eigenvalue weighted by Gasteiger charge is 2.27. The van der Waals surface area contributed by atoms with Crippen LogP contribution in [0, 0.1) is 5.92 Å². The molecule has 0 aliphatic carbocycles. The van der Waals surface area contributed by atoms with Crippen molar-refractivity contribution in [1.82, 2.24) is 5.32 Å². The number of carbonyl (C=O) groups is 1. The van der Waals surface area contributed by atoms with Crippen molar-refractivity contribution < 1.29 is 21.6 Å². The number of rotatable bonds is 6. The fourth-order valence-corrected chi connectivity index (χ4v) is 4.28. The summed E-state index contributed by atoms with van der Waals surface area (Å²) in [6.07, 6.45) is 2.54. The minimum absolute atomic E-state index is 0.0654. The molecule has 1 aliphatic heterocycles. The Morgan fingerprint density at radius 3 is 2.56 bits per heavy atom. The van der Waals surface area contributed by atoms with Crippen molar-refractivity contribution in [2.24, 2.45) is 5.92 Å². The summed E-state index contributed by atoms with van der Waals surface area (Å²) in [6.45, 7) is 0.112. The Labute approximate surface area is 108 Å². The maximum absolute atomic E-state index is 11.4. The van der Waals surface area contributed by atoms with Crippen LogP contribution in [0.5, 0.6) is 0 Å². The van der Waals surface area contributed by atoms with E-state index in [-0.39, 0.29) is 42.0 Å². The van der Waals surface area contributed by atoms with E-state index in [1.54, 1.807) is 0 Å². The van der Waals surface area contributed by atoms with E-state index in [1.165, 1.54) is 0 Å². The van der Waals surface area contributed by atoms with Gasteiger partial charge in [0.1, 0.15) is 9.84 Å². The molecule has 0 bridgehead atoms. The summed E-state index contributed by atoms with van der Waals surface area (Å²) in [5.74, 6) is 0.159. The summed E-state index contributed by atoms with van der Waals surface area (Å²) in [7, 11) is -5.95. The summed E-state index contributed by atoms with van der Waals surface area (Å²) in [5.41, 5.74) is 0. The molecule has 1 rings (SSSR count). The highest BCUT2D eigenvalue weighted by Crippen LogP contribution is 2.22. The summed E-state index contributed by atoms with van der Waals surface area (Å²) < 4.78 is 44.1. The van der Waals surface area contributed by atoms with Crippen LogP contribution >= 0.6 is 0 Å². The Balaban J connectivity index is 2.18. The van der Waals surface area contributed by atoms with Gasteiger partial charge in [0, 0.05) is 19.2 Å². The lowest BCUT2D eigenvalue weighted by Gasteiger charge is -2.07. The predicted molar refractivity (Wildman–Crippen MR) is 68.7 cm³/mol. The molecular formula is C10H19NO5S2. The van der Waals surface area contributed by atoms with E-state index in [1.807, 2.05) is 0 Å². The molecule has 1 atom stereocenters. The highest BCUT2D eigenvalue weighted by molar-refractivity contribution is 7.91. The number of hydrogen-bond donors (Lipinski definition) is 1. The first-order chi connectivity index (χ1) is 8.18. The van der Waals surface area contributed by atoms with Crippen molar-refractivity contribution in [2.45, 2.75) is 19.3 Å². The molecule has 8 heteroatoms. The molecule has 6 nitrogen and oxygen atoms in total. The van der Waals surface area contributed by atoms with Crippen LogP contribution in [-0.2, 0) is 24.5 Å². The van der Waals surface area contributed by atoms with Gasteiger partial charge in [0.05, 0.1) is 17.3 Å². The fraction of sp³-hybridized carbons (Fsp3) is 0.900. The van der Waals surface area contributed by atoms with E-state index in [4.69, 9.17) is 0 Å². The Hall–Kier alpha value is -0.630. The van der Waals surface area contributed by atoms with Crippen molar-refractivity contribution in [3.63, 3.8) is 0 Å². The number of hydrogen-bond acceptors (Lipinski definition) is 5. The zero-order chi connectivity index (χ0) is 13.8. The van der Waals surface area contributed by atoms with E-state index in [0.717, 1.165) is 6.26 Å². The van der Waals surface area contributed by atoms with Gasteiger partial charge < -0.3 is 5.32 Å². The molecule has 1 N–H and O–H groups in total. The lowest BCUT2D eigenvalue weighted by atomic mass is 10.0. The molecule has 1 fully saturated rings. The zero-order valence-corrected chi connectivity index (χ0v) is 12.0. The number of carbonyl (C=O) groups excluding carboxylic acids is 1. The maximum atomic E-state index is 11.4. The molecule has 1 saturated heterocycles. The van der Waals surface area contributed by atoms with E-state index >= 15 is 0 Å². The van der Waals surface area contributed by atoms with Crippen LogP contribution in [0.25, 0.3) is 0 Å². The molecule has 1 unspecified atom stereocenters. The standard InChI is InChI=1S/C10H19NO5S2/c1-17(13,14)7-5-11-10(12)3-2-9-4-6-18(15,16)8-9/h9H,2-8H2,1H3,(H,11,12). The lowest BCUT2D eigenvalue weighted by molar-refractivity contribution is -0.121. The second-order valence-electron chi connectivity index (χ2n) is 4.79. The smallest absolute Gasteiger partial charge is 0.220 e. The summed E-state index contributed by atoms with van der Waals surface area (Å²) >= 11 is 0. The number of nitrogens with one attached hydrogen (secondary N) is 1. The van der Waals surface area contributed by atoms with Crippen LogP contribution in [0.2, 0.25) is 0 Å². The molecule has 1 aliphatic rings. The van der Waals surface area contributed by atoms with E-state index in [9.17, 15) is 21.6 Å². The highest BCUT2D eigenvalue weighted by atomic mass is 32.2. The van der Waals surface area contributed by atoms with E-state index in [2.05, 4.69) is 5.32 Å². The van der Waals surface area contributed by atoms with Crippen molar-refractivity contribution in [2.75, 3.05) is 30.1 Å². The molecule has 106 valence electrons. The van der Waals surface area contributed by atoms with Gasteiger partial charge in [-0.25, -0.2) is 16.8 Å². The Bertz CT molecular complexity index is 494. The SMILES string of the molecule is CS(=O)(=O)CCNC(=O)CCC1CCS(=O)(=O)C1. The molecule has 1 amide bonds. The average molecular weight is 297 g/mol. The average Bonchev–Trinajstić information content (AvgIpc) is 2.53. The second-order valence-corrected chi connectivity index (χ2v) is 9.28. The predicted octanol–water partition coefficient (Wildman–Crippen LogP) is -0.638. The molecule has 0 radical (unpaired) electrons. The lowest BCUT2D eigenvalue weighted by Crippen LogP contribution is -2.29. The molecule has 0 aromatic heterocycles. The molecule has 0 aromatic rings. The van der Waals surface area contributed by atoms with Gasteiger partial charge in [-0.1, -0.05) is 0 Å². The van der Waals surface area contributed by atoms with Crippen LogP contribution in [-0.4, -0.2) is 52.8 Å². The first-order valence-electron chi connectivity index (χ1n) is 5.83. The zero-order valence-electron chi connectivity index (χ0n) is 10.4. The molecule has 0 aromatic carbocycles. The molecule has 0 spiro atoms. The van der Waals surface area contributed by atoms with Gasteiger partial charge in [0.25, 0.3) is 0 Å². The second kappa shape index (κ2) is 6.01. The van der Waals surface area contributed by atoms with Gasteiger partial charge >= 0.3 is 0 Å². The Morgan fingerprint density at radius 2 is 2.06 bits per heavy atom. The Kier molecular flexibility index (Phi) is 5.15. The third kappa shape index (κ3) is 6.34. The number of sulfone groups is 2. The van der Waals surface area contributed by atoms with Gasteiger partial charge in [0.2, 0.25) is 5.91 Å². The minimum Gasteiger partial charge on any atom is -0.355 e. The third-order valence-electron chi connectivity index (χ3n) is 2.90. The summed E-state index contributed by atoms with van der Waals surface area (Å²) in [5, 5.41) is 2.52. The molecule has 18 heavy (non-hydrogen) atoms. The van der Waals surface area contributed by atoms with Crippen LogP contribution in [0.1, 0.15) is 19.3 Å². The van der Waals surface area contributed by atoms with E-state index < -0.39 is 19.7 Å². The minimum atomic E-state index is -3.06. The van der Waals surface area contributed by atoms with Crippen LogP contribution in [0.3, 0.4) is 0 Å². The summed E-state index contributed by atoms with van der Waals surface area (Å²) in [6, 6.07) is 0. The quantitative estimate of drug-likeness (QED) is 0.703. The van der Waals surface area contributed by atoms with Gasteiger partial charge in [-0.15, -0.1) is 0 Å². The largest absolute Gasteiger partial charge is 0.355 e. The molecule has 0 saturated carbocycles. The van der Waals surface area contributed by atoms with Crippen molar-refractivity contribution in [3.8, 4) is 0 Å². The fourth-order valence-electron chi connectivity index (χ4n) is 1.90. The summed E-state index contributed by atoms with van der Waals surface area (Å²) in [4.78, 5) is 11.4. The van der Waals surface area contributed by atoms with Crippen molar-refractivity contribution >= 4 is 25.6 Å². The number of amides is 1.